The van der Waals surface area contributed by atoms with E-state index in [4.69, 9.17) is 14.2 Å². The van der Waals surface area contributed by atoms with Gasteiger partial charge in [-0.25, -0.2) is 0 Å². The summed E-state index contributed by atoms with van der Waals surface area (Å²) >= 11 is 0. The molecule has 0 saturated carbocycles. The van der Waals surface area contributed by atoms with E-state index in [-0.39, 0.29) is 11.9 Å². The molecule has 0 fully saturated rings. The quantitative estimate of drug-likeness (QED) is 0.628. The van der Waals surface area contributed by atoms with E-state index in [9.17, 15) is 9.59 Å². The van der Waals surface area contributed by atoms with E-state index in [2.05, 4.69) is 0 Å². The highest BCUT2D eigenvalue weighted by Crippen LogP contribution is 2.38. The summed E-state index contributed by atoms with van der Waals surface area (Å²) < 4.78 is 15.9. The second-order valence-corrected chi connectivity index (χ2v) is 6.07. The normalized spacial score (nSPS) is 15.7. The maximum Gasteiger partial charge on any atom is 0.308 e. The first-order valence-electron chi connectivity index (χ1n) is 8.24. The molecule has 0 amide bonds. The zero-order valence-corrected chi connectivity index (χ0v) is 14.3. The zero-order valence-electron chi connectivity index (χ0n) is 14.3. The van der Waals surface area contributed by atoms with Gasteiger partial charge in [0.15, 0.2) is 0 Å². The topological polar surface area (TPSA) is 61.8 Å². The van der Waals surface area contributed by atoms with Gasteiger partial charge in [-0.2, -0.15) is 0 Å². The van der Waals surface area contributed by atoms with Crippen LogP contribution >= 0.6 is 0 Å². The van der Waals surface area contributed by atoms with E-state index in [1.54, 1.807) is 24.3 Å². The largest absolute Gasteiger partial charge is 0.493 e. The van der Waals surface area contributed by atoms with Crippen LogP contribution in [0.4, 0.5) is 0 Å². The molecule has 25 heavy (non-hydrogen) atoms. The van der Waals surface area contributed by atoms with Crippen LogP contribution in [0, 0.1) is 0 Å². The van der Waals surface area contributed by atoms with Gasteiger partial charge in [-0.15, -0.1) is 0 Å². The molecule has 0 radical (unpaired) electrons. The number of hydrogen-bond acceptors (Lipinski definition) is 5. The van der Waals surface area contributed by atoms with Gasteiger partial charge in [-0.1, -0.05) is 18.2 Å². The third-order valence-corrected chi connectivity index (χ3v) is 4.08. The van der Waals surface area contributed by atoms with Crippen molar-refractivity contribution in [1.29, 1.82) is 0 Å². The molecule has 1 atom stereocenters. The minimum Gasteiger partial charge on any atom is -0.493 e. The molecule has 0 saturated heterocycles. The molecule has 5 heteroatoms. The van der Waals surface area contributed by atoms with Crippen molar-refractivity contribution in [1.82, 2.24) is 0 Å². The maximum absolute atomic E-state index is 11.1. The number of fused-ring (bicyclic) bond motifs is 1. The molecule has 2 aromatic rings. The molecule has 0 aromatic heterocycles. The summed E-state index contributed by atoms with van der Waals surface area (Å²) in [4.78, 5) is 22.1. The average Bonchev–Trinajstić information content (AvgIpc) is 2.55. The molecule has 3 rings (SSSR count). The van der Waals surface area contributed by atoms with E-state index in [1.165, 1.54) is 13.8 Å². The number of carbonyl (C=O) groups is 2. The summed E-state index contributed by atoms with van der Waals surface area (Å²) in [5, 5.41) is 0. The number of benzene rings is 2. The van der Waals surface area contributed by atoms with Crippen molar-refractivity contribution in [2.24, 2.45) is 0 Å². The Bertz CT molecular complexity index is 779. The van der Waals surface area contributed by atoms with Crippen LogP contribution in [0.25, 0.3) is 0 Å². The van der Waals surface area contributed by atoms with Gasteiger partial charge >= 0.3 is 11.9 Å². The summed E-state index contributed by atoms with van der Waals surface area (Å²) in [6, 6.07) is 13.1. The molecular weight excluding hydrogens is 320 g/mol. The van der Waals surface area contributed by atoms with E-state index in [0.717, 1.165) is 29.7 Å². The van der Waals surface area contributed by atoms with E-state index in [1.807, 2.05) is 18.2 Å². The first-order chi connectivity index (χ1) is 12.0. The van der Waals surface area contributed by atoms with E-state index < -0.39 is 0 Å². The van der Waals surface area contributed by atoms with Crippen LogP contribution in [0.5, 0.6) is 17.2 Å². The van der Waals surface area contributed by atoms with Gasteiger partial charge in [0.1, 0.15) is 17.2 Å². The summed E-state index contributed by atoms with van der Waals surface area (Å²) in [7, 11) is 0. The molecule has 130 valence electrons. The first-order valence-corrected chi connectivity index (χ1v) is 8.24. The third-order valence-electron chi connectivity index (χ3n) is 4.08. The monoisotopic (exact) mass is 340 g/mol. The summed E-state index contributed by atoms with van der Waals surface area (Å²) in [5.74, 6) is 1.48. The number of carbonyl (C=O) groups excluding carboxylic acids is 2. The fourth-order valence-electron chi connectivity index (χ4n) is 3.03. The molecule has 0 aliphatic carbocycles. The minimum absolute atomic E-state index is 0.324. The lowest BCUT2D eigenvalue weighted by molar-refractivity contribution is -0.132. The predicted molar refractivity (Wildman–Crippen MR) is 92.1 cm³/mol. The molecule has 2 aromatic carbocycles. The van der Waals surface area contributed by atoms with Gasteiger partial charge in [0.05, 0.1) is 6.61 Å². The Morgan fingerprint density at radius 2 is 1.64 bits per heavy atom. The summed E-state index contributed by atoms with van der Waals surface area (Å²) in [6.45, 7) is 3.40. The molecule has 0 bridgehead atoms. The highest BCUT2D eigenvalue weighted by molar-refractivity contribution is 5.70. The molecule has 1 aliphatic rings. The Morgan fingerprint density at radius 1 is 1.00 bits per heavy atom. The lowest BCUT2D eigenvalue weighted by Gasteiger charge is -2.26. The van der Waals surface area contributed by atoms with Gasteiger partial charge in [0.2, 0.25) is 0 Å². The second kappa shape index (κ2) is 7.38. The average molecular weight is 340 g/mol. The van der Waals surface area contributed by atoms with Crippen molar-refractivity contribution in [2.45, 2.75) is 32.6 Å². The molecular formula is C20H20O5. The van der Waals surface area contributed by atoms with Crippen LogP contribution in [0.2, 0.25) is 0 Å². The molecule has 1 heterocycles. The number of esters is 2. The Labute approximate surface area is 146 Å². The second-order valence-electron chi connectivity index (χ2n) is 6.07. The van der Waals surface area contributed by atoms with Crippen molar-refractivity contribution in [3.8, 4) is 17.2 Å². The number of rotatable bonds is 4. The summed E-state index contributed by atoms with van der Waals surface area (Å²) in [5.41, 5.74) is 2.28. The van der Waals surface area contributed by atoms with Gasteiger partial charge in [-0.05, 0) is 48.1 Å². The Balaban J connectivity index is 1.74. The highest BCUT2D eigenvalue weighted by atomic mass is 16.5. The molecule has 0 N–H and O–H groups in total. The smallest absolute Gasteiger partial charge is 0.308 e. The first kappa shape index (κ1) is 17.0. The summed E-state index contributed by atoms with van der Waals surface area (Å²) in [6.07, 6.45) is 1.79. The lowest BCUT2D eigenvalue weighted by Crippen LogP contribution is -2.16. The van der Waals surface area contributed by atoms with E-state index >= 15 is 0 Å². The predicted octanol–water partition coefficient (Wildman–Crippen LogP) is 3.65. The molecule has 0 unspecified atom stereocenters. The standard InChI is InChI=1S/C20H20O5/c1-13(21)24-17-5-3-15(4-6-17)11-16-9-10-23-20-12-18(25-14(2)22)7-8-19(16)20/h3-8,12,16H,9-11H2,1-2H3/t16-/m1/s1. The van der Waals surface area contributed by atoms with Gasteiger partial charge in [-0.3, -0.25) is 9.59 Å². The zero-order chi connectivity index (χ0) is 17.8. The fraction of sp³-hybridized carbons (Fsp3) is 0.300. The van der Waals surface area contributed by atoms with Gasteiger partial charge in [0, 0.05) is 19.9 Å². The van der Waals surface area contributed by atoms with Crippen LogP contribution < -0.4 is 14.2 Å². The number of ether oxygens (including phenoxy) is 3. The van der Waals surface area contributed by atoms with Gasteiger partial charge in [0.25, 0.3) is 0 Å². The van der Waals surface area contributed by atoms with Crippen molar-refractivity contribution in [3.63, 3.8) is 0 Å². The third kappa shape index (κ3) is 4.38. The van der Waals surface area contributed by atoms with Gasteiger partial charge < -0.3 is 14.2 Å². The van der Waals surface area contributed by atoms with Crippen molar-refractivity contribution < 1.29 is 23.8 Å². The van der Waals surface area contributed by atoms with E-state index in [0.29, 0.717) is 24.0 Å². The van der Waals surface area contributed by atoms with Crippen LogP contribution in [0.1, 0.15) is 37.3 Å². The Hall–Kier alpha value is -2.82. The Kier molecular flexibility index (Phi) is 5.03. The van der Waals surface area contributed by atoms with Crippen molar-refractivity contribution in [2.75, 3.05) is 6.61 Å². The Morgan fingerprint density at radius 3 is 2.32 bits per heavy atom. The van der Waals surface area contributed by atoms with Crippen LogP contribution in [-0.2, 0) is 16.0 Å². The van der Waals surface area contributed by atoms with Crippen LogP contribution in [0.3, 0.4) is 0 Å². The lowest BCUT2D eigenvalue weighted by atomic mass is 9.87. The highest BCUT2D eigenvalue weighted by Gasteiger charge is 2.22. The number of hydrogen-bond donors (Lipinski definition) is 0. The minimum atomic E-state index is -0.347. The molecule has 5 nitrogen and oxygen atoms in total. The maximum atomic E-state index is 11.1. The van der Waals surface area contributed by atoms with Crippen molar-refractivity contribution in [3.05, 3.63) is 53.6 Å². The van der Waals surface area contributed by atoms with Crippen LogP contribution in [-0.4, -0.2) is 18.5 Å². The SMILES string of the molecule is CC(=O)Oc1ccc(C[C@H]2CCOc3cc(OC(C)=O)ccc32)cc1. The molecule has 1 aliphatic heterocycles. The fourth-order valence-corrected chi connectivity index (χ4v) is 3.03. The molecule has 0 spiro atoms. The van der Waals surface area contributed by atoms with Crippen LogP contribution in [0.15, 0.2) is 42.5 Å². The van der Waals surface area contributed by atoms with Crippen molar-refractivity contribution >= 4 is 11.9 Å².